The fourth-order valence-corrected chi connectivity index (χ4v) is 5.02. The van der Waals surface area contributed by atoms with Gasteiger partial charge >= 0.3 is 0 Å². The summed E-state index contributed by atoms with van der Waals surface area (Å²) in [5.41, 5.74) is -0.332. The van der Waals surface area contributed by atoms with Gasteiger partial charge < -0.3 is 69.0 Å². The van der Waals surface area contributed by atoms with Crippen LogP contribution in [0.15, 0.2) is 45.6 Å². The molecule has 0 amide bonds. The van der Waals surface area contributed by atoms with Gasteiger partial charge in [0.2, 0.25) is 12.0 Å². The Morgan fingerprint density at radius 2 is 1.56 bits per heavy atom. The molecule has 8 N–H and O–H groups in total. The van der Waals surface area contributed by atoms with Crippen molar-refractivity contribution < 1.29 is 69.0 Å². The molecule has 5 rings (SSSR count). The second-order valence-corrected chi connectivity index (χ2v) is 10.3. The molecule has 2 fully saturated rings. The highest BCUT2D eigenvalue weighted by Crippen LogP contribution is 2.44. The van der Waals surface area contributed by atoms with Crippen LogP contribution in [-0.2, 0) is 14.2 Å². The Kier molecular flexibility index (Phi) is 8.80. The first kappa shape index (κ1) is 30.9. The molecule has 3 aromatic rings. The number of hydrogen-bond donors (Lipinski definition) is 8. The van der Waals surface area contributed by atoms with Gasteiger partial charge in [-0.1, -0.05) is 0 Å². The first-order valence-electron chi connectivity index (χ1n) is 13.3. The second-order valence-electron chi connectivity index (χ2n) is 10.3. The molecule has 0 aliphatic carbocycles. The highest BCUT2D eigenvalue weighted by Gasteiger charge is 2.51. The summed E-state index contributed by atoms with van der Waals surface area (Å²) in [6.45, 7) is 0.664. The van der Waals surface area contributed by atoms with Gasteiger partial charge in [0.25, 0.3) is 0 Å². The molecule has 234 valence electrons. The minimum Gasteiger partial charge on any atom is -0.508 e. The van der Waals surface area contributed by atoms with Gasteiger partial charge in [-0.25, -0.2) is 0 Å². The fourth-order valence-electron chi connectivity index (χ4n) is 5.02. The normalized spacial score (nSPS) is 32.9. The Hall–Kier alpha value is -3.51. The number of aromatic hydroxyl groups is 2. The minimum atomic E-state index is -1.80. The van der Waals surface area contributed by atoms with Gasteiger partial charge in [-0.15, -0.1) is 0 Å². The molecule has 0 bridgehead atoms. The number of ether oxygens (including phenoxy) is 5. The van der Waals surface area contributed by atoms with E-state index >= 15 is 0 Å². The van der Waals surface area contributed by atoms with Crippen molar-refractivity contribution in [2.45, 2.75) is 68.3 Å². The monoisotopic (exact) mass is 608 g/mol. The summed E-state index contributed by atoms with van der Waals surface area (Å²) in [7, 11) is 1.19. The Balaban J connectivity index is 1.54. The Bertz CT molecular complexity index is 1490. The zero-order valence-electron chi connectivity index (χ0n) is 22.9. The van der Waals surface area contributed by atoms with Crippen LogP contribution < -0.4 is 14.9 Å². The molecule has 2 saturated heterocycles. The van der Waals surface area contributed by atoms with Gasteiger partial charge in [0.1, 0.15) is 59.1 Å². The van der Waals surface area contributed by atoms with Crippen LogP contribution in [0.25, 0.3) is 22.3 Å². The molecule has 3 heterocycles. The van der Waals surface area contributed by atoms with Crippen molar-refractivity contribution in [3.63, 3.8) is 0 Å². The third-order valence-corrected chi connectivity index (χ3v) is 7.44. The molecule has 2 aliphatic heterocycles. The van der Waals surface area contributed by atoms with E-state index in [1.54, 1.807) is 0 Å². The number of aliphatic hydroxyl groups is 6. The molecular weight excluding hydrogens is 576 g/mol. The van der Waals surface area contributed by atoms with Gasteiger partial charge in [0, 0.05) is 17.7 Å². The number of methoxy groups -OCH3 is 1. The highest BCUT2D eigenvalue weighted by molar-refractivity contribution is 5.89. The number of phenols is 2. The maximum absolute atomic E-state index is 13.0. The lowest BCUT2D eigenvalue weighted by atomic mass is 9.97. The van der Waals surface area contributed by atoms with Crippen molar-refractivity contribution in [3.8, 4) is 34.3 Å². The van der Waals surface area contributed by atoms with E-state index < -0.39 is 79.2 Å². The van der Waals surface area contributed by atoms with Gasteiger partial charge in [-0.2, -0.15) is 0 Å². The van der Waals surface area contributed by atoms with Crippen LogP contribution in [0.4, 0.5) is 0 Å². The molecular formula is C28H32O15. The van der Waals surface area contributed by atoms with Gasteiger partial charge in [0.15, 0.2) is 29.3 Å². The van der Waals surface area contributed by atoms with Crippen molar-refractivity contribution in [1.82, 2.24) is 0 Å². The largest absolute Gasteiger partial charge is 0.508 e. The topological polar surface area (TPSA) is 238 Å². The number of benzene rings is 2. The number of fused-ring (bicyclic) bond motifs is 1. The van der Waals surface area contributed by atoms with Crippen LogP contribution in [0.5, 0.6) is 23.0 Å². The van der Waals surface area contributed by atoms with E-state index in [9.17, 15) is 45.6 Å². The molecule has 0 spiro atoms. The van der Waals surface area contributed by atoms with E-state index in [0.717, 1.165) is 6.07 Å². The molecule has 2 aliphatic rings. The summed E-state index contributed by atoms with van der Waals surface area (Å²) in [6, 6.07) is 8.17. The van der Waals surface area contributed by atoms with Crippen LogP contribution in [0.2, 0.25) is 0 Å². The van der Waals surface area contributed by atoms with Gasteiger partial charge in [0.05, 0.1) is 19.8 Å². The molecule has 4 unspecified atom stereocenters. The minimum absolute atomic E-state index is 0.00557. The van der Waals surface area contributed by atoms with Gasteiger partial charge in [-0.3, -0.25) is 4.79 Å². The fraction of sp³-hybridized carbons (Fsp3) is 0.464. The number of hydrogen-bond acceptors (Lipinski definition) is 15. The first-order valence-corrected chi connectivity index (χ1v) is 13.3. The van der Waals surface area contributed by atoms with E-state index in [1.165, 1.54) is 44.4 Å². The number of phenolic OH excluding ortho intramolecular Hbond substituents is 2. The van der Waals surface area contributed by atoms with Crippen molar-refractivity contribution in [1.29, 1.82) is 0 Å². The smallest absolute Gasteiger partial charge is 0.229 e. The lowest BCUT2D eigenvalue weighted by molar-refractivity contribution is -0.354. The lowest BCUT2D eigenvalue weighted by Crippen LogP contribution is -2.64. The van der Waals surface area contributed by atoms with Gasteiger partial charge in [-0.05, 0) is 31.2 Å². The second kappa shape index (κ2) is 12.2. The summed E-state index contributed by atoms with van der Waals surface area (Å²) < 4.78 is 33.9. The zero-order valence-corrected chi connectivity index (χ0v) is 22.9. The molecule has 0 saturated carbocycles. The average Bonchev–Trinajstić information content (AvgIpc) is 2.98. The maximum Gasteiger partial charge on any atom is 0.229 e. The van der Waals surface area contributed by atoms with E-state index in [1.807, 2.05) is 0 Å². The summed E-state index contributed by atoms with van der Waals surface area (Å²) >= 11 is 0. The zero-order chi connectivity index (χ0) is 31.2. The molecule has 1 aromatic heterocycles. The number of aliphatic hydroxyl groups excluding tert-OH is 6. The van der Waals surface area contributed by atoms with E-state index in [4.69, 9.17) is 28.1 Å². The maximum atomic E-state index is 13.0. The Morgan fingerprint density at radius 3 is 2.21 bits per heavy atom. The summed E-state index contributed by atoms with van der Waals surface area (Å²) in [5, 5.41) is 82.1. The van der Waals surface area contributed by atoms with Crippen LogP contribution in [0.1, 0.15) is 6.92 Å². The van der Waals surface area contributed by atoms with Crippen molar-refractivity contribution in [2.75, 3.05) is 13.7 Å². The summed E-state index contributed by atoms with van der Waals surface area (Å²) in [6.07, 6.45) is -15.7. The van der Waals surface area contributed by atoms with E-state index in [-0.39, 0.29) is 34.0 Å². The standard InChI is InChI=1S/C28H32O15/c1-10-19(32)22(35)24(37)27(39-10)43-26-23(36)20(33)17(9-29)42-28(26)41-16-8-15-18(21(34)25(16)38-2)13(31)7-14(40-15)11-3-5-12(30)6-4-11/h3-8,10,17,19-20,22-24,26-30,32-37H,9H2,1-2H3/t10?,17?,19-,20+,22-,23-,24?,26?,27-,28+/m0/s1. The van der Waals surface area contributed by atoms with Crippen LogP contribution in [0.3, 0.4) is 0 Å². The quantitative estimate of drug-likeness (QED) is 0.159. The van der Waals surface area contributed by atoms with Crippen LogP contribution in [-0.4, -0.2) is 116 Å². The Morgan fingerprint density at radius 1 is 0.860 bits per heavy atom. The van der Waals surface area contributed by atoms with E-state index in [2.05, 4.69) is 0 Å². The van der Waals surface area contributed by atoms with E-state index in [0.29, 0.717) is 5.56 Å². The van der Waals surface area contributed by atoms with Crippen molar-refractivity contribution >= 4 is 11.0 Å². The molecule has 43 heavy (non-hydrogen) atoms. The van der Waals surface area contributed by atoms with Crippen molar-refractivity contribution in [2.24, 2.45) is 0 Å². The SMILES string of the molecule is COc1c(O[C@@H]2OC(CO)[C@@H](O)[C@H](O)C2O[C@@H]2OC(C)[C@H](O)[C@H](O)C2O)cc2oc(-c3ccc(O)cc3)cc(=O)c2c1O. The molecule has 10 atom stereocenters. The third kappa shape index (κ3) is 5.74. The van der Waals surface area contributed by atoms with Crippen molar-refractivity contribution in [3.05, 3.63) is 46.6 Å². The van der Waals surface area contributed by atoms with Crippen LogP contribution in [0, 0.1) is 0 Å². The molecule has 15 heteroatoms. The predicted molar refractivity (Wildman–Crippen MR) is 143 cm³/mol. The summed E-state index contributed by atoms with van der Waals surface area (Å²) in [4.78, 5) is 13.0. The average molecular weight is 609 g/mol. The predicted octanol–water partition coefficient (Wildman–Crippen LogP) is -1.09. The lowest BCUT2D eigenvalue weighted by Gasteiger charge is -2.45. The first-order chi connectivity index (χ1) is 20.4. The third-order valence-electron chi connectivity index (χ3n) is 7.44. The number of rotatable bonds is 7. The molecule has 15 nitrogen and oxygen atoms in total. The summed E-state index contributed by atoms with van der Waals surface area (Å²) in [5.74, 6) is -1.16. The molecule has 2 aromatic carbocycles. The van der Waals surface area contributed by atoms with Crippen LogP contribution >= 0.6 is 0 Å². The Labute approximate surface area is 243 Å². The molecule has 0 radical (unpaired) electrons. The highest BCUT2D eigenvalue weighted by atomic mass is 16.8.